The van der Waals surface area contributed by atoms with Crippen molar-refractivity contribution in [2.75, 3.05) is 38.1 Å². The Balaban J connectivity index is 2.19. The van der Waals surface area contributed by atoms with E-state index >= 15 is 0 Å². The molecule has 0 unspecified atom stereocenters. The van der Waals surface area contributed by atoms with Crippen LogP contribution in [-0.2, 0) is 0 Å². The summed E-state index contributed by atoms with van der Waals surface area (Å²) in [6.07, 6.45) is -0.393. The summed E-state index contributed by atoms with van der Waals surface area (Å²) in [4.78, 5) is 4.70. The molecule has 1 atom stereocenters. The predicted octanol–water partition coefficient (Wildman–Crippen LogP) is 1.49. The van der Waals surface area contributed by atoms with E-state index in [1.54, 1.807) is 0 Å². The Morgan fingerprint density at radius 1 is 1.12 bits per heavy atom. The van der Waals surface area contributed by atoms with Crippen molar-refractivity contribution in [1.82, 2.24) is 4.90 Å². The fourth-order valence-corrected chi connectivity index (χ4v) is 2.18. The van der Waals surface area contributed by atoms with Gasteiger partial charge in [0.05, 0.1) is 6.10 Å². The minimum atomic E-state index is -0.393. The van der Waals surface area contributed by atoms with E-state index in [1.165, 1.54) is 5.69 Å². The van der Waals surface area contributed by atoms with E-state index in [4.69, 9.17) is 0 Å². The van der Waals surface area contributed by atoms with Crippen LogP contribution >= 0.6 is 0 Å². The second kappa shape index (κ2) is 4.85. The largest absolute Gasteiger partial charge is 0.389 e. The van der Waals surface area contributed by atoms with Gasteiger partial charge in [-0.05, 0) is 20.0 Å². The molecule has 2 rings (SSSR count). The molecule has 1 aliphatic heterocycles. The van der Waals surface area contributed by atoms with Crippen molar-refractivity contribution >= 4 is 5.69 Å². The van der Waals surface area contributed by atoms with Crippen LogP contribution in [0.25, 0.3) is 0 Å². The first kappa shape index (κ1) is 11.4. The number of para-hydroxylation sites is 1. The third kappa shape index (κ3) is 2.36. The molecule has 0 aromatic heterocycles. The number of hydrogen-bond donors (Lipinski definition) is 1. The topological polar surface area (TPSA) is 26.7 Å². The van der Waals surface area contributed by atoms with Gasteiger partial charge in [0.25, 0.3) is 0 Å². The molecule has 1 aromatic rings. The Bertz CT molecular complexity index is 344. The number of nitrogens with zero attached hydrogens (tertiary/aromatic N) is 2. The molecule has 0 amide bonds. The smallest absolute Gasteiger partial charge is 0.0781 e. The molecular formula is C13H20N2O. The van der Waals surface area contributed by atoms with E-state index in [0.29, 0.717) is 0 Å². The first-order valence-electron chi connectivity index (χ1n) is 5.89. The number of anilines is 1. The first-order chi connectivity index (χ1) is 7.68. The number of hydrogen-bond acceptors (Lipinski definition) is 3. The van der Waals surface area contributed by atoms with Crippen LogP contribution in [0.3, 0.4) is 0 Å². The summed E-state index contributed by atoms with van der Waals surface area (Å²) < 4.78 is 0. The van der Waals surface area contributed by atoms with Crippen LogP contribution < -0.4 is 4.90 Å². The molecule has 1 heterocycles. The van der Waals surface area contributed by atoms with Crippen molar-refractivity contribution in [3.63, 3.8) is 0 Å². The number of piperazine rings is 1. The van der Waals surface area contributed by atoms with Gasteiger partial charge in [-0.25, -0.2) is 0 Å². The number of benzene rings is 1. The maximum absolute atomic E-state index is 9.75. The lowest BCUT2D eigenvalue weighted by molar-refractivity contribution is 0.199. The van der Waals surface area contributed by atoms with Gasteiger partial charge in [-0.2, -0.15) is 0 Å². The zero-order chi connectivity index (χ0) is 11.5. The molecule has 1 aliphatic rings. The molecule has 1 fully saturated rings. The highest BCUT2D eigenvalue weighted by Gasteiger charge is 2.17. The SMILES string of the molecule is C[C@H](O)c1ccccc1N1CCN(C)CC1. The van der Waals surface area contributed by atoms with Gasteiger partial charge in [-0.3, -0.25) is 0 Å². The van der Waals surface area contributed by atoms with Crippen molar-refractivity contribution < 1.29 is 5.11 Å². The summed E-state index contributed by atoms with van der Waals surface area (Å²) in [5, 5.41) is 9.75. The molecule has 1 saturated heterocycles. The van der Waals surface area contributed by atoms with E-state index in [1.807, 2.05) is 25.1 Å². The lowest BCUT2D eigenvalue weighted by Gasteiger charge is -2.35. The molecule has 1 aromatic carbocycles. The number of aliphatic hydroxyl groups excluding tert-OH is 1. The van der Waals surface area contributed by atoms with Crippen LogP contribution in [0, 0.1) is 0 Å². The van der Waals surface area contributed by atoms with Crippen molar-refractivity contribution in [1.29, 1.82) is 0 Å². The van der Waals surface area contributed by atoms with E-state index in [9.17, 15) is 5.11 Å². The van der Waals surface area contributed by atoms with Gasteiger partial charge in [0.1, 0.15) is 0 Å². The van der Waals surface area contributed by atoms with Gasteiger partial charge >= 0.3 is 0 Å². The standard InChI is InChI=1S/C13H20N2O/c1-11(16)12-5-3-4-6-13(12)15-9-7-14(2)8-10-15/h3-6,11,16H,7-10H2,1-2H3/t11-/m0/s1. The maximum atomic E-state index is 9.75. The molecule has 0 saturated carbocycles. The zero-order valence-electron chi connectivity index (χ0n) is 10.1. The minimum Gasteiger partial charge on any atom is -0.389 e. The molecule has 16 heavy (non-hydrogen) atoms. The minimum absolute atomic E-state index is 0.393. The number of aliphatic hydroxyl groups is 1. The molecule has 3 nitrogen and oxygen atoms in total. The monoisotopic (exact) mass is 220 g/mol. The number of likely N-dealkylation sites (N-methyl/N-ethyl adjacent to an activating group) is 1. The Morgan fingerprint density at radius 2 is 1.75 bits per heavy atom. The lowest BCUT2D eigenvalue weighted by Crippen LogP contribution is -2.44. The van der Waals surface area contributed by atoms with Crippen LogP contribution in [0.2, 0.25) is 0 Å². The van der Waals surface area contributed by atoms with Gasteiger partial charge in [-0.15, -0.1) is 0 Å². The third-order valence-electron chi connectivity index (χ3n) is 3.23. The van der Waals surface area contributed by atoms with Crippen LogP contribution in [0.1, 0.15) is 18.6 Å². The van der Waals surface area contributed by atoms with E-state index in [2.05, 4.69) is 22.9 Å². The fourth-order valence-electron chi connectivity index (χ4n) is 2.18. The van der Waals surface area contributed by atoms with Gasteiger partial charge < -0.3 is 14.9 Å². The highest BCUT2D eigenvalue weighted by molar-refractivity contribution is 5.54. The zero-order valence-corrected chi connectivity index (χ0v) is 10.1. The highest BCUT2D eigenvalue weighted by atomic mass is 16.3. The average Bonchev–Trinajstić information content (AvgIpc) is 2.30. The lowest BCUT2D eigenvalue weighted by atomic mass is 10.1. The third-order valence-corrected chi connectivity index (χ3v) is 3.23. The second-order valence-corrected chi connectivity index (χ2v) is 4.53. The van der Waals surface area contributed by atoms with Crippen LogP contribution in [0.4, 0.5) is 5.69 Å². The summed E-state index contributed by atoms with van der Waals surface area (Å²) in [6, 6.07) is 8.15. The van der Waals surface area contributed by atoms with Gasteiger partial charge in [-0.1, -0.05) is 18.2 Å². The number of rotatable bonds is 2. The van der Waals surface area contributed by atoms with Crippen molar-refractivity contribution in [2.24, 2.45) is 0 Å². The molecule has 88 valence electrons. The highest BCUT2D eigenvalue weighted by Crippen LogP contribution is 2.26. The van der Waals surface area contributed by atoms with Crippen LogP contribution in [0.5, 0.6) is 0 Å². The molecule has 0 spiro atoms. The molecule has 1 N–H and O–H groups in total. The van der Waals surface area contributed by atoms with Gasteiger partial charge in [0.2, 0.25) is 0 Å². The van der Waals surface area contributed by atoms with Crippen LogP contribution in [0.15, 0.2) is 24.3 Å². The van der Waals surface area contributed by atoms with Gasteiger partial charge in [0.15, 0.2) is 0 Å². The van der Waals surface area contributed by atoms with Crippen molar-refractivity contribution in [3.05, 3.63) is 29.8 Å². The van der Waals surface area contributed by atoms with Crippen molar-refractivity contribution in [3.8, 4) is 0 Å². The molecule has 0 bridgehead atoms. The van der Waals surface area contributed by atoms with Gasteiger partial charge in [0, 0.05) is 37.4 Å². The Hall–Kier alpha value is -1.06. The average molecular weight is 220 g/mol. The first-order valence-corrected chi connectivity index (χ1v) is 5.89. The van der Waals surface area contributed by atoms with E-state index in [0.717, 1.165) is 31.7 Å². The van der Waals surface area contributed by atoms with Crippen molar-refractivity contribution in [2.45, 2.75) is 13.0 Å². The fraction of sp³-hybridized carbons (Fsp3) is 0.538. The molecular weight excluding hydrogens is 200 g/mol. The maximum Gasteiger partial charge on any atom is 0.0781 e. The van der Waals surface area contributed by atoms with E-state index < -0.39 is 6.10 Å². The summed E-state index contributed by atoms with van der Waals surface area (Å²) in [7, 11) is 2.15. The Morgan fingerprint density at radius 3 is 2.38 bits per heavy atom. The molecule has 0 radical (unpaired) electrons. The molecule has 0 aliphatic carbocycles. The molecule has 3 heteroatoms. The normalized spacial score (nSPS) is 19.8. The predicted molar refractivity (Wildman–Crippen MR) is 66.8 cm³/mol. The Labute approximate surface area is 97.3 Å². The summed E-state index contributed by atoms with van der Waals surface area (Å²) in [6.45, 7) is 6.09. The summed E-state index contributed by atoms with van der Waals surface area (Å²) >= 11 is 0. The Kier molecular flexibility index (Phi) is 3.46. The van der Waals surface area contributed by atoms with Crippen LogP contribution in [-0.4, -0.2) is 43.2 Å². The second-order valence-electron chi connectivity index (χ2n) is 4.53. The summed E-state index contributed by atoms with van der Waals surface area (Å²) in [5.74, 6) is 0. The van der Waals surface area contributed by atoms with E-state index in [-0.39, 0.29) is 0 Å². The summed E-state index contributed by atoms with van der Waals surface area (Å²) in [5.41, 5.74) is 2.22. The quantitative estimate of drug-likeness (QED) is 0.818.